The standard InChI is InChI=1S/C12H20N2O4/c1-5-8(12(17)18)13(4)9-6-10(15)14(7(2)3)11(9)16/h7-9H,5-6H2,1-4H3,(H,17,18). The molecular weight excluding hydrogens is 236 g/mol. The van der Waals surface area contributed by atoms with Crippen LogP contribution >= 0.6 is 0 Å². The summed E-state index contributed by atoms with van der Waals surface area (Å²) in [6, 6.07) is -1.58. The van der Waals surface area contributed by atoms with Crippen LogP contribution in [0.15, 0.2) is 0 Å². The van der Waals surface area contributed by atoms with E-state index in [1.807, 2.05) is 0 Å². The Hall–Kier alpha value is -1.43. The van der Waals surface area contributed by atoms with E-state index in [1.54, 1.807) is 27.8 Å². The van der Waals surface area contributed by atoms with Gasteiger partial charge < -0.3 is 5.11 Å². The van der Waals surface area contributed by atoms with Crippen LogP contribution in [0.4, 0.5) is 0 Å². The first-order valence-corrected chi connectivity index (χ1v) is 6.11. The van der Waals surface area contributed by atoms with Crippen LogP contribution in [0.25, 0.3) is 0 Å². The Kier molecular flexibility index (Phi) is 4.45. The Morgan fingerprint density at radius 3 is 2.39 bits per heavy atom. The van der Waals surface area contributed by atoms with Crippen LogP contribution in [0.1, 0.15) is 33.6 Å². The molecule has 2 amide bonds. The van der Waals surface area contributed by atoms with Gasteiger partial charge in [-0.1, -0.05) is 6.92 Å². The molecule has 0 aromatic heterocycles. The number of imide groups is 1. The highest BCUT2D eigenvalue weighted by molar-refractivity contribution is 6.06. The molecule has 18 heavy (non-hydrogen) atoms. The maximum atomic E-state index is 12.1. The van der Waals surface area contributed by atoms with Gasteiger partial charge in [0.25, 0.3) is 0 Å². The number of carboxylic acid groups (broad SMARTS) is 1. The van der Waals surface area contributed by atoms with E-state index >= 15 is 0 Å². The van der Waals surface area contributed by atoms with Crippen molar-refractivity contribution in [3.63, 3.8) is 0 Å². The van der Waals surface area contributed by atoms with Crippen LogP contribution in [0.2, 0.25) is 0 Å². The largest absolute Gasteiger partial charge is 0.480 e. The highest BCUT2D eigenvalue weighted by Gasteiger charge is 2.44. The minimum Gasteiger partial charge on any atom is -0.480 e. The molecule has 0 saturated carbocycles. The average Bonchev–Trinajstić information content (AvgIpc) is 2.54. The van der Waals surface area contributed by atoms with Crippen molar-refractivity contribution in [3.05, 3.63) is 0 Å². The normalized spacial score (nSPS) is 22.1. The van der Waals surface area contributed by atoms with Crippen LogP contribution in [0, 0.1) is 0 Å². The number of likely N-dealkylation sites (N-methyl/N-ethyl adjacent to an activating group) is 1. The number of rotatable bonds is 5. The van der Waals surface area contributed by atoms with Gasteiger partial charge in [0.05, 0.1) is 12.5 Å². The molecule has 6 heteroatoms. The summed E-state index contributed by atoms with van der Waals surface area (Å²) >= 11 is 0. The molecular formula is C12H20N2O4. The molecule has 0 radical (unpaired) electrons. The van der Waals surface area contributed by atoms with Crippen molar-refractivity contribution < 1.29 is 19.5 Å². The van der Waals surface area contributed by atoms with E-state index in [-0.39, 0.29) is 24.3 Å². The number of hydrogen-bond donors (Lipinski definition) is 1. The predicted molar refractivity (Wildman–Crippen MR) is 64.9 cm³/mol. The molecule has 1 N–H and O–H groups in total. The average molecular weight is 256 g/mol. The van der Waals surface area contributed by atoms with E-state index in [2.05, 4.69) is 0 Å². The minimum absolute atomic E-state index is 0.0668. The molecule has 1 aliphatic heterocycles. The molecule has 0 spiro atoms. The molecule has 1 aliphatic rings. The van der Waals surface area contributed by atoms with Gasteiger partial charge in [0.2, 0.25) is 11.8 Å². The molecule has 0 aromatic carbocycles. The lowest BCUT2D eigenvalue weighted by Crippen LogP contribution is -2.48. The van der Waals surface area contributed by atoms with Crippen LogP contribution in [-0.4, -0.2) is 57.9 Å². The number of carbonyl (C=O) groups is 3. The van der Waals surface area contributed by atoms with Gasteiger partial charge in [-0.3, -0.25) is 24.2 Å². The Morgan fingerprint density at radius 1 is 1.50 bits per heavy atom. The second kappa shape index (κ2) is 5.48. The van der Waals surface area contributed by atoms with Crippen LogP contribution in [-0.2, 0) is 14.4 Å². The smallest absolute Gasteiger partial charge is 0.320 e. The van der Waals surface area contributed by atoms with Crippen LogP contribution in [0.3, 0.4) is 0 Å². The molecule has 0 bridgehead atoms. The number of aliphatic carboxylic acids is 1. The quantitative estimate of drug-likeness (QED) is 0.717. The Bertz CT molecular complexity index is 367. The third-order valence-corrected chi connectivity index (χ3v) is 3.33. The summed E-state index contributed by atoms with van der Waals surface area (Å²) < 4.78 is 0. The number of nitrogens with zero attached hydrogens (tertiary/aromatic N) is 2. The van der Waals surface area contributed by atoms with Crippen molar-refractivity contribution in [2.45, 2.75) is 51.7 Å². The maximum absolute atomic E-state index is 12.1. The van der Waals surface area contributed by atoms with Gasteiger partial charge in [-0.25, -0.2) is 0 Å². The second-order valence-electron chi connectivity index (χ2n) is 4.84. The van der Waals surface area contributed by atoms with Gasteiger partial charge in [-0.05, 0) is 27.3 Å². The van der Waals surface area contributed by atoms with Crippen molar-refractivity contribution in [2.24, 2.45) is 0 Å². The van der Waals surface area contributed by atoms with Crippen molar-refractivity contribution in [2.75, 3.05) is 7.05 Å². The van der Waals surface area contributed by atoms with E-state index in [1.165, 1.54) is 9.80 Å². The Labute approximate surface area is 107 Å². The highest BCUT2D eigenvalue weighted by Crippen LogP contribution is 2.22. The Balaban J connectivity index is 2.89. The molecule has 6 nitrogen and oxygen atoms in total. The lowest BCUT2D eigenvalue weighted by atomic mass is 10.1. The number of amides is 2. The van der Waals surface area contributed by atoms with Crippen molar-refractivity contribution in [3.8, 4) is 0 Å². The number of hydrogen-bond acceptors (Lipinski definition) is 4. The van der Waals surface area contributed by atoms with Gasteiger partial charge in [0, 0.05) is 6.04 Å². The molecule has 102 valence electrons. The molecule has 1 saturated heterocycles. The van der Waals surface area contributed by atoms with E-state index in [0.717, 1.165) is 0 Å². The van der Waals surface area contributed by atoms with E-state index in [4.69, 9.17) is 5.11 Å². The second-order valence-corrected chi connectivity index (χ2v) is 4.84. The first-order valence-electron chi connectivity index (χ1n) is 6.11. The zero-order valence-corrected chi connectivity index (χ0v) is 11.2. The summed E-state index contributed by atoms with van der Waals surface area (Å²) in [4.78, 5) is 37.7. The monoisotopic (exact) mass is 256 g/mol. The maximum Gasteiger partial charge on any atom is 0.320 e. The van der Waals surface area contributed by atoms with Gasteiger partial charge in [0.1, 0.15) is 6.04 Å². The number of carbonyl (C=O) groups excluding carboxylic acids is 2. The number of carboxylic acids is 1. The van der Waals surface area contributed by atoms with E-state index < -0.39 is 18.1 Å². The summed E-state index contributed by atoms with van der Waals surface area (Å²) in [7, 11) is 1.59. The summed E-state index contributed by atoms with van der Waals surface area (Å²) in [5.41, 5.74) is 0. The van der Waals surface area contributed by atoms with Gasteiger partial charge in [0.15, 0.2) is 0 Å². The van der Waals surface area contributed by atoms with E-state index in [0.29, 0.717) is 6.42 Å². The van der Waals surface area contributed by atoms with E-state index in [9.17, 15) is 14.4 Å². The Morgan fingerprint density at radius 2 is 2.06 bits per heavy atom. The summed E-state index contributed by atoms with van der Waals surface area (Å²) in [5.74, 6) is -1.49. The lowest BCUT2D eigenvalue weighted by Gasteiger charge is -2.28. The third-order valence-electron chi connectivity index (χ3n) is 3.33. The fraction of sp³-hybridized carbons (Fsp3) is 0.750. The van der Waals surface area contributed by atoms with Crippen LogP contribution in [0.5, 0.6) is 0 Å². The SMILES string of the molecule is CCC(C(=O)O)N(C)C1CC(=O)N(C(C)C)C1=O. The molecule has 0 aromatic rings. The van der Waals surface area contributed by atoms with Crippen molar-refractivity contribution >= 4 is 17.8 Å². The topological polar surface area (TPSA) is 77.9 Å². The molecule has 2 atom stereocenters. The molecule has 0 aliphatic carbocycles. The fourth-order valence-corrected chi connectivity index (χ4v) is 2.35. The molecule has 1 heterocycles. The summed E-state index contributed by atoms with van der Waals surface area (Å²) in [5, 5.41) is 9.08. The van der Waals surface area contributed by atoms with Crippen molar-refractivity contribution in [1.29, 1.82) is 0 Å². The summed E-state index contributed by atoms with van der Waals surface area (Å²) in [6.07, 6.45) is 0.461. The molecule has 1 rings (SSSR count). The molecule has 1 fully saturated rings. The molecule has 2 unspecified atom stereocenters. The third kappa shape index (κ3) is 2.53. The minimum atomic E-state index is -0.969. The number of likely N-dealkylation sites (tertiary alicyclic amines) is 1. The fourth-order valence-electron chi connectivity index (χ4n) is 2.35. The first kappa shape index (κ1) is 14.6. The van der Waals surface area contributed by atoms with Crippen molar-refractivity contribution in [1.82, 2.24) is 9.80 Å². The zero-order chi connectivity index (χ0) is 14.0. The predicted octanol–water partition coefficient (Wildman–Crippen LogP) is 0.317. The lowest BCUT2D eigenvalue weighted by molar-refractivity contribution is -0.145. The zero-order valence-electron chi connectivity index (χ0n) is 11.2. The summed E-state index contributed by atoms with van der Waals surface area (Å²) in [6.45, 7) is 5.29. The first-order chi connectivity index (χ1) is 8.31. The van der Waals surface area contributed by atoms with Gasteiger partial charge >= 0.3 is 5.97 Å². The van der Waals surface area contributed by atoms with Crippen LogP contribution < -0.4 is 0 Å². The van der Waals surface area contributed by atoms with Gasteiger partial charge in [-0.15, -0.1) is 0 Å². The van der Waals surface area contributed by atoms with Gasteiger partial charge in [-0.2, -0.15) is 0 Å². The highest BCUT2D eigenvalue weighted by atomic mass is 16.4.